The third kappa shape index (κ3) is 2.93. The van der Waals surface area contributed by atoms with Gasteiger partial charge < -0.3 is 5.32 Å². The number of nitrogens with one attached hydrogen (secondary N) is 1. The van der Waals surface area contributed by atoms with Gasteiger partial charge in [0.15, 0.2) is 0 Å². The molecule has 1 aromatic rings. The number of carbonyl (C=O) groups excluding carboxylic acids is 2. The molecule has 1 N–H and O–H groups in total. The highest BCUT2D eigenvalue weighted by molar-refractivity contribution is 7.89. The van der Waals surface area contributed by atoms with Gasteiger partial charge in [0, 0.05) is 19.1 Å². The van der Waals surface area contributed by atoms with Gasteiger partial charge in [0.1, 0.15) is 5.82 Å². The topological polar surface area (TPSA) is 86.8 Å². The molecule has 0 radical (unpaired) electrons. The van der Waals surface area contributed by atoms with Crippen molar-refractivity contribution in [2.75, 3.05) is 19.6 Å². The van der Waals surface area contributed by atoms with Crippen LogP contribution in [-0.4, -0.2) is 55.2 Å². The van der Waals surface area contributed by atoms with Crippen molar-refractivity contribution in [1.29, 1.82) is 0 Å². The zero-order valence-corrected chi connectivity index (χ0v) is 13.1. The molecule has 2 saturated heterocycles. The van der Waals surface area contributed by atoms with Crippen molar-refractivity contribution in [3.8, 4) is 0 Å². The molecule has 0 atom stereocenters. The Labute approximate surface area is 133 Å². The average Bonchev–Trinajstić information content (AvgIpc) is 2.87. The second-order valence-corrected chi connectivity index (χ2v) is 7.45. The minimum Gasteiger partial charge on any atom is -0.329 e. The smallest absolute Gasteiger partial charge is 0.324 e. The highest BCUT2D eigenvalue weighted by Crippen LogP contribution is 2.24. The number of hydrogen-bond donors (Lipinski definition) is 1. The molecule has 2 fully saturated rings. The molecule has 7 nitrogen and oxygen atoms in total. The number of imide groups is 1. The van der Waals surface area contributed by atoms with E-state index in [0.29, 0.717) is 12.8 Å². The van der Waals surface area contributed by atoms with Gasteiger partial charge >= 0.3 is 6.03 Å². The van der Waals surface area contributed by atoms with Crippen molar-refractivity contribution in [3.63, 3.8) is 0 Å². The first-order chi connectivity index (χ1) is 10.9. The maximum Gasteiger partial charge on any atom is 0.324 e. The van der Waals surface area contributed by atoms with E-state index in [2.05, 4.69) is 5.32 Å². The highest BCUT2D eigenvalue weighted by atomic mass is 32.2. The molecular formula is C14H16FN3O4S. The molecule has 3 amide bonds. The first-order valence-corrected chi connectivity index (χ1v) is 8.69. The number of amides is 3. The summed E-state index contributed by atoms with van der Waals surface area (Å²) in [6.07, 6.45) is 0.777. The minimum absolute atomic E-state index is 0.00702. The molecule has 0 spiro atoms. The molecule has 3 rings (SSSR count). The van der Waals surface area contributed by atoms with Gasteiger partial charge in [-0.1, -0.05) is 0 Å². The average molecular weight is 341 g/mol. The van der Waals surface area contributed by atoms with Crippen molar-refractivity contribution in [2.24, 2.45) is 0 Å². The highest BCUT2D eigenvalue weighted by Gasteiger charge is 2.38. The number of nitrogens with zero attached hydrogens (tertiary/aromatic N) is 2. The molecule has 0 aliphatic carbocycles. The summed E-state index contributed by atoms with van der Waals surface area (Å²) >= 11 is 0. The van der Waals surface area contributed by atoms with Crippen molar-refractivity contribution in [3.05, 3.63) is 30.1 Å². The van der Waals surface area contributed by atoms with Crippen LogP contribution in [0, 0.1) is 5.82 Å². The van der Waals surface area contributed by atoms with Crippen LogP contribution in [0.25, 0.3) is 0 Å². The maximum atomic E-state index is 12.9. The summed E-state index contributed by atoms with van der Waals surface area (Å²) in [5, 5.41) is 2.46. The second-order valence-electron chi connectivity index (χ2n) is 5.51. The van der Waals surface area contributed by atoms with Gasteiger partial charge in [0.25, 0.3) is 0 Å². The van der Waals surface area contributed by atoms with Crippen LogP contribution in [0.4, 0.5) is 9.18 Å². The number of benzene rings is 1. The third-order valence-electron chi connectivity index (χ3n) is 4.12. The zero-order chi connectivity index (χ0) is 16.6. The van der Waals surface area contributed by atoms with Crippen LogP contribution in [-0.2, 0) is 14.8 Å². The lowest BCUT2D eigenvalue weighted by molar-refractivity contribution is -0.127. The fraction of sp³-hybridized carbons (Fsp3) is 0.429. The van der Waals surface area contributed by atoms with Crippen molar-refractivity contribution in [2.45, 2.75) is 23.8 Å². The fourth-order valence-electron chi connectivity index (χ4n) is 2.90. The number of hydrogen-bond acceptors (Lipinski definition) is 4. The second kappa shape index (κ2) is 5.89. The van der Waals surface area contributed by atoms with E-state index in [1.807, 2.05) is 0 Å². The molecule has 2 aliphatic rings. The lowest BCUT2D eigenvalue weighted by Crippen LogP contribution is -2.48. The van der Waals surface area contributed by atoms with Gasteiger partial charge in [0.05, 0.1) is 11.4 Å². The van der Waals surface area contributed by atoms with Crippen LogP contribution < -0.4 is 5.32 Å². The van der Waals surface area contributed by atoms with Crippen molar-refractivity contribution >= 4 is 22.0 Å². The van der Waals surface area contributed by atoms with Gasteiger partial charge in [-0.3, -0.25) is 9.69 Å². The van der Waals surface area contributed by atoms with E-state index in [1.54, 1.807) is 0 Å². The van der Waals surface area contributed by atoms with E-state index in [-0.39, 0.29) is 36.5 Å². The molecule has 9 heteroatoms. The molecular weight excluding hydrogens is 325 g/mol. The monoisotopic (exact) mass is 341 g/mol. The van der Waals surface area contributed by atoms with Gasteiger partial charge in [-0.2, -0.15) is 4.31 Å². The van der Waals surface area contributed by atoms with Crippen LogP contribution in [0.3, 0.4) is 0 Å². The minimum atomic E-state index is -3.69. The summed E-state index contributed by atoms with van der Waals surface area (Å²) in [4.78, 5) is 24.6. The van der Waals surface area contributed by atoms with E-state index in [4.69, 9.17) is 0 Å². The van der Waals surface area contributed by atoms with Crippen LogP contribution >= 0.6 is 0 Å². The van der Waals surface area contributed by atoms with Crippen molar-refractivity contribution < 1.29 is 22.4 Å². The van der Waals surface area contributed by atoms with Crippen LogP contribution in [0.15, 0.2) is 29.2 Å². The van der Waals surface area contributed by atoms with Crippen LogP contribution in [0.5, 0.6) is 0 Å². The summed E-state index contributed by atoms with van der Waals surface area (Å²) in [7, 11) is -3.69. The molecule has 0 saturated carbocycles. The number of urea groups is 1. The molecule has 124 valence electrons. The normalized spacial score (nSPS) is 20.8. The number of piperidine rings is 1. The SMILES string of the molecule is O=C1CNC(=O)N1C1CCN(S(=O)(=O)c2ccc(F)cc2)CC1. The standard InChI is InChI=1S/C14H16FN3O4S/c15-10-1-3-12(4-2-10)23(21,22)17-7-5-11(6-8-17)18-13(19)9-16-14(18)20/h1-4,11H,5-9H2,(H,16,20). The first kappa shape index (κ1) is 15.9. The van der Waals surface area contributed by atoms with E-state index in [1.165, 1.54) is 21.3 Å². The molecule has 2 aliphatic heterocycles. The lowest BCUT2D eigenvalue weighted by atomic mass is 10.1. The summed E-state index contributed by atoms with van der Waals surface area (Å²) in [6, 6.07) is 3.96. The predicted molar refractivity (Wildman–Crippen MR) is 78.4 cm³/mol. The van der Waals surface area contributed by atoms with E-state index in [0.717, 1.165) is 12.1 Å². The molecule has 1 aromatic carbocycles. The number of carbonyl (C=O) groups is 2. The van der Waals surface area contributed by atoms with Gasteiger partial charge in [-0.05, 0) is 37.1 Å². The Morgan fingerprint density at radius 3 is 2.22 bits per heavy atom. The summed E-state index contributed by atoms with van der Waals surface area (Å²) in [6.45, 7) is 0.412. The van der Waals surface area contributed by atoms with Gasteiger partial charge in [0.2, 0.25) is 15.9 Å². The quantitative estimate of drug-likeness (QED) is 0.813. The van der Waals surface area contributed by atoms with Crippen molar-refractivity contribution in [1.82, 2.24) is 14.5 Å². The first-order valence-electron chi connectivity index (χ1n) is 7.25. The molecule has 0 aromatic heterocycles. The lowest BCUT2D eigenvalue weighted by Gasteiger charge is -2.34. The predicted octanol–water partition coefficient (Wildman–Crippen LogP) is 0.531. The Kier molecular flexibility index (Phi) is 4.07. The van der Waals surface area contributed by atoms with E-state index < -0.39 is 21.9 Å². The van der Waals surface area contributed by atoms with Gasteiger partial charge in [-0.15, -0.1) is 0 Å². The number of halogens is 1. The summed E-state index contributed by atoms with van der Waals surface area (Å²) in [5.41, 5.74) is 0. The van der Waals surface area contributed by atoms with Crippen LogP contribution in [0.1, 0.15) is 12.8 Å². The molecule has 0 bridgehead atoms. The fourth-order valence-corrected chi connectivity index (χ4v) is 4.37. The largest absolute Gasteiger partial charge is 0.329 e. The Hall–Kier alpha value is -2.00. The van der Waals surface area contributed by atoms with Gasteiger partial charge in [-0.25, -0.2) is 17.6 Å². The summed E-state index contributed by atoms with van der Waals surface area (Å²) < 4.78 is 39.2. The zero-order valence-electron chi connectivity index (χ0n) is 12.2. The Morgan fingerprint density at radius 1 is 1.09 bits per heavy atom. The van der Waals surface area contributed by atoms with E-state index >= 15 is 0 Å². The van der Waals surface area contributed by atoms with E-state index in [9.17, 15) is 22.4 Å². The number of sulfonamides is 1. The molecule has 23 heavy (non-hydrogen) atoms. The molecule has 2 heterocycles. The third-order valence-corrected chi connectivity index (χ3v) is 6.03. The number of rotatable bonds is 3. The summed E-state index contributed by atoms with van der Waals surface area (Å²) in [5.74, 6) is -0.781. The Morgan fingerprint density at radius 2 is 1.70 bits per heavy atom. The Bertz CT molecular complexity index is 711. The maximum absolute atomic E-state index is 12.9. The van der Waals surface area contributed by atoms with Crippen LogP contribution in [0.2, 0.25) is 0 Å². The molecule has 0 unspecified atom stereocenters. The Balaban J connectivity index is 1.70.